The van der Waals surface area contributed by atoms with Gasteiger partial charge in [-0.25, -0.2) is 4.79 Å². The normalized spacial score (nSPS) is 10.2. The molecule has 0 fully saturated rings. The lowest BCUT2D eigenvalue weighted by Crippen LogP contribution is -2.08. The Morgan fingerprint density at radius 1 is 1.25 bits per heavy atom. The van der Waals surface area contributed by atoms with Crippen LogP contribution in [0.1, 0.15) is 15.9 Å². The Morgan fingerprint density at radius 3 is 2.75 bits per heavy atom. The van der Waals surface area contributed by atoms with E-state index in [2.05, 4.69) is 15.9 Å². The van der Waals surface area contributed by atoms with E-state index in [0.29, 0.717) is 16.3 Å². The van der Waals surface area contributed by atoms with Crippen LogP contribution in [0.4, 0.5) is 0 Å². The molecule has 0 bridgehead atoms. The summed E-state index contributed by atoms with van der Waals surface area (Å²) < 4.78 is 11.2. The van der Waals surface area contributed by atoms with Gasteiger partial charge in [-0.05, 0) is 30.3 Å². The van der Waals surface area contributed by atoms with Crippen molar-refractivity contribution in [2.24, 2.45) is 0 Å². The first kappa shape index (κ1) is 14.9. The molecule has 5 heteroatoms. The van der Waals surface area contributed by atoms with Crippen LogP contribution in [0.15, 0.2) is 46.9 Å². The quantitative estimate of drug-likeness (QED) is 0.759. The van der Waals surface area contributed by atoms with E-state index in [1.54, 1.807) is 24.3 Å². The van der Waals surface area contributed by atoms with Crippen LogP contribution >= 0.6 is 27.5 Å². The van der Waals surface area contributed by atoms with E-state index < -0.39 is 5.97 Å². The van der Waals surface area contributed by atoms with E-state index >= 15 is 0 Å². The summed E-state index contributed by atoms with van der Waals surface area (Å²) in [7, 11) is 1.35. The highest BCUT2D eigenvalue weighted by Crippen LogP contribution is 2.21. The summed E-state index contributed by atoms with van der Waals surface area (Å²) in [5.74, 6) is 0.257. The van der Waals surface area contributed by atoms with Gasteiger partial charge in [0.05, 0.1) is 12.7 Å². The van der Waals surface area contributed by atoms with Crippen molar-refractivity contribution in [1.82, 2.24) is 0 Å². The molecule has 0 saturated carbocycles. The van der Waals surface area contributed by atoms with Gasteiger partial charge in [0, 0.05) is 15.1 Å². The second-order valence-electron chi connectivity index (χ2n) is 4.04. The number of benzene rings is 2. The molecule has 3 nitrogen and oxygen atoms in total. The minimum atomic E-state index is -0.393. The average Bonchev–Trinajstić information content (AvgIpc) is 2.45. The van der Waals surface area contributed by atoms with Crippen LogP contribution in [0.25, 0.3) is 0 Å². The third kappa shape index (κ3) is 3.74. The number of hydrogen-bond acceptors (Lipinski definition) is 3. The predicted molar refractivity (Wildman–Crippen MR) is 81.3 cm³/mol. The summed E-state index contributed by atoms with van der Waals surface area (Å²) in [5, 5.41) is 0.603. The molecular weight excluding hydrogens is 344 g/mol. The molecule has 0 saturated heterocycles. The van der Waals surface area contributed by atoms with Crippen molar-refractivity contribution < 1.29 is 14.3 Å². The minimum absolute atomic E-state index is 0.262. The first-order valence-electron chi connectivity index (χ1n) is 5.85. The number of carbonyl (C=O) groups is 1. The fourth-order valence-corrected chi connectivity index (χ4v) is 2.23. The lowest BCUT2D eigenvalue weighted by molar-refractivity contribution is 0.0597. The lowest BCUT2D eigenvalue weighted by Gasteiger charge is -2.10. The molecule has 0 amide bonds. The van der Waals surface area contributed by atoms with Gasteiger partial charge < -0.3 is 9.47 Å². The standard InChI is InChI=1S/C15H12BrClO3/c1-19-15(18)14-7-11(16)6-5-10(14)9-20-13-4-2-3-12(17)8-13/h2-8H,9H2,1H3. The number of rotatable bonds is 4. The number of esters is 1. The van der Waals surface area contributed by atoms with Gasteiger partial charge in [-0.1, -0.05) is 39.7 Å². The summed E-state index contributed by atoms with van der Waals surface area (Å²) in [6.45, 7) is 0.262. The number of hydrogen-bond donors (Lipinski definition) is 0. The van der Waals surface area contributed by atoms with Crippen molar-refractivity contribution >= 4 is 33.5 Å². The van der Waals surface area contributed by atoms with Crippen LogP contribution in [0.5, 0.6) is 5.75 Å². The van der Waals surface area contributed by atoms with Crippen LogP contribution in [0.2, 0.25) is 5.02 Å². The largest absolute Gasteiger partial charge is 0.489 e. The van der Waals surface area contributed by atoms with E-state index in [4.69, 9.17) is 21.1 Å². The summed E-state index contributed by atoms with van der Waals surface area (Å²) in [6.07, 6.45) is 0. The van der Waals surface area contributed by atoms with Crippen LogP contribution in [0, 0.1) is 0 Å². The van der Waals surface area contributed by atoms with E-state index in [1.807, 2.05) is 18.2 Å². The average molecular weight is 356 g/mol. The monoisotopic (exact) mass is 354 g/mol. The Morgan fingerprint density at radius 2 is 2.05 bits per heavy atom. The predicted octanol–water partition coefficient (Wildman–Crippen LogP) is 4.47. The van der Waals surface area contributed by atoms with Crippen LogP contribution in [0.3, 0.4) is 0 Å². The Hall–Kier alpha value is -1.52. The molecule has 2 aromatic rings. The zero-order valence-corrected chi connectivity index (χ0v) is 13.1. The maximum Gasteiger partial charge on any atom is 0.338 e. The Bertz CT molecular complexity index is 628. The van der Waals surface area contributed by atoms with Gasteiger partial charge in [-0.3, -0.25) is 0 Å². The summed E-state index contributed by atoms with van der Waals surface area (Å²) in [5.41, 5.74) is 1.23. The first-order chi connectivity index (χ1) is 9.60. The third-order valence-corrected chi connectivity index (χ3v) is 3.40. The Kier molecular flexibility index (Phi) is 5.04. The molecule has 104 valence electrons. The molecule has 0 aromatic heterocycles. The fourth-order valence-electron chi connectivity index (χ4n) is 1.69. The highest BCUT2D eigenvalue weighted by Gasteiger charge is 2.12. The zero-order valence-electron chi connectivity index (χ0n) is 10.7. The molecule has 0 aliphatic rings. The zero-order chi connectivity index (χ0) is 14.5. The van der Waals surface area contributed by atoms with E-state index in [-0.39, 0.29) is 6.61 Å². The van der Waals surface area contributed by atoms with Crippen LogP contribution < -0.4 is 4.74 Å². The molecule has 0 radical (unpaired) electrons. The van der Waals surface area contributed by atoms with Crippen molar-refractivity contribution in [3.05, 3.63) is 63.1 Å². The minimum Gasteiger partial charge on any atom is -0.489 e. The lowest BCUT2D eigenvalue weighted by atomic mass is 10.1. The maximum atomic E-state index is 11.7. The van der Waals surface area contributed by atoms with Gasteiger partial charge in [0.15, 0.2) is 0 Å². The molecule has 0 atom stereocenters. The highest BCUT2D eigenvalue weighted by atomic mass is 79.9. The summed E-state index contributed by atoms with van der Waals surface area (Å²) >= 11 is 9.22. The van der Waals surface area contributed by atoms with Gasteiger partial charge in [0.2, 0.25) is 0 Å². The molecule has 20 heavy (non-hydrogen) atoms. The van der Waals surface area contributed by atoms with E-state index in [9.17, 15) is 4.79 Å². The number of halogens is 2. The van der Waals surface area contributed by atoms with Crippen molar-refractivity contribution in [3.8, 4) is 5.75 Å². The molecular formula is C15H12BrClO3. The molecule has 0 aliphatic heterocycles. The van der Waals surface area contributed by atoms with Gasteiger partial charge in [0.1, 0.15) is 12.4 Å². The summed E-state index contributed by atoms with van der Waals surface area (Å²) in [4.78, 5) is 11.7. The van der Waals surface area contributed by atoms with Gasteiger partial charge >= 0.3 is 5.97 Å². The highest BCUT2D eigenvalue weighted by molar-refractivity contribution is 9.10. The molecule has 0 heterocycles. The number of ether oxygens (including phenoxy) is 2. The number of methoxy groups -OCH3 is 1. The fraction of sp³-hybridized carbons (Fsp3) is 0.133. The second-order valence-corrected chi connectivity index (χ2v) is 5.39. The van der Waals surface area contributed by atoms with E-state index in [1.165, 1.54) is 7.11 Å². The van der Waals surface area contributed by atoms with Crippen molar-refractivity contribution in [3.63, 3.8) is 0 Å². The smallest absolute Gasteiger partial charge is 0.338 e. The van der Waals surface area contributed by atoms with Crippen molar-refractivity contribution in [1.29, 1.82) is 0 Å². The third-order valence-electron chi connectivity index (χ3n) is 2.67. The molecule has 0 aliphatic carbocycles. The summed E-state index contributed by atoms with van der Waals surface area (Å²) in [6, 6.07) is 12.5. The topological polar surface area (TPSA) is 35.5 Å². The van der Waals surface area contributed by atoms with Crippen molar-refractivity contribution in [2.45, 2.75) is 6.61 Å². The maximum absolute atomic E-state index is 11.7. The number of carbonyl (C=O) groups excluding carboxylic acids is 1. The Balaban J connectivity index is 2.19. The van der Waals surface area contributed by atoms with E-state index in [0.717, 1.165) is 10.0 Å². The SMILES string of the molecule is COC(=O)c1cc(Br)ccc1COc1cccc(Cl)c1. The van der Waals surface area contributed by atoms with Crippen molar-refractivity contribution in [2.75, 3.05) is 7.11 Å². The molecule has 0 unspecified atom stereocenters. The molecule has 2 rings (SSSR count). The van der Waals surface area contributed by atoms with Crippen LogP contribution in [-0.4, -0.2) is 13.1 Å². The Labute approximate surface area is 130 Å². The van der Waals surface area contributed by atoms with Gasteiger partial charge in [0.25, 0.3) is 0 Å². The van der Waals surface area contributed by atoms with Gasteiger partial charge in [-0.2, -0.15) is 0 Å². The van der Waals surface area contributed by atoms with Gasteiger partial charge in [-0.15, -0.1) is 0 Å². The first-order valence-corrected chi connectivity index (χ1v) is 7.02. The van der Waals surface area contributed by atoms with Crippen LogP contribution in [-0.2, 0) is 11.3 Å². The molecule has 0 spiro atoms. The second kappa shape index (κ2) is 6.77. The molecule has 2 aromatic carbocycles. The molecule has 0 N–H and O–H groups in total.